The largest absolute Gasteiger partial charge is 0.439 e. The predicted molar refractivity (Wildman–Crippen MR) is 141 cm³/mol. The Morgan fingerprint density at radius 1 is 1.14 bits per heavy atom. The minimum absolute atomic E-state index is 0.160. The summed E-state index contributed by atoms with van der Waals surface area (Å²) in [6.07, 6.45) is 4.85. The second-order valence-electron chi connectivity index (χ2n) is 10.3. The van der Waals surface area contributed by atoms with Gasteiger partial charge >= 0.3 is 5.76 Å². The summed E-state index contributed by atoms with van der Waals surface area (Å²) in [5.41, 5.74) is 2.92. The van der Waals surface area contributed by atoms with E-state index in [4.69, 9.17) is 35.8 Å². The van der Waals surface area contributed by atoms with Gasteiger partial charge in [0.2, 0.25) is 17.6 Å². The van der Waals surface area contributed by atoms with Crippen molar-refractivity contribution in [2.75, 3.05) is 24.7 Å². The van der Waals surface area contributed by atoms with Crippen molar-refractivity contribution in [2.45, 2.75) is 52.1 Å². The van der Waals surface area contributed by atoms with Crippen LogP contribution in [0.1, 0.15) is 39.5 Å². The fraction of sp³-hybridized carbons (Fsp3) is 0.500. The third-order valence-corrected chi connectivity index (χ3v) is 7.77. The average molecular weight is 524 g/mol. The van der Waals surface area contributed by atoms with Gasteiger partial charge in [-0.25, -0.2) is 14.8 Å². The molecule has 6 rings (SSSR count). The van der Waals surface area contributed by atoms with E-state index >= 15 is 0 Å². The maximum absolute atomic E-state index is 11.7. The van der Waals surface area contributed by atoms with Gasteiger partial charge in [0, 0.05) is 23.7 Å². The number of fused-ring (bicyclic) bond motifs is 1. The van der Waals surface area contributed by atoms with E-state index in [0.29, 0.717) is 35.5 Å². The van der Waals surface area contributed by atoms with Crippen molar-refractivity contribution in [2.24, 2.45) is 11.8 Å². The topological polar surface area (TPSA) is 115 Å². The molecule has 0 amide bonds. The smallest absolute Gasteiger partial charge is 0.377 e. The number of anilines is 1. The molecule has 11 heteroatoms. The fourth-order valence-electron chi connectivity index (χ4n) is 5.48. The van der Waals surface area contributed by atoms with E-state index in [9.17, 15) is 4.79 Å². The molecule has 37 heavy (non-hydrogen) atoms. The van der Waals surface area contributed by atoms with Gasteiger partial charge in [-0.2, -0.15) is 4.98 Å². The fourth-order valence-corrected chi connectivity index (χ4v) is 5.67. The van der Waals surface area contributed by atoms with Gasteiger partial charge in [-0.15, -0.1) is 0 Å². The highest BCUT2D eigenvalue weighted by Crippen LogP contribution is 2.36. The van der Waals surface area contributed by atoms with Crippen molar-refractivity contribution >= 4 is 28.7 Å². The van der Waals surface area contributed by atoms with Gasteiger partial charge in [0.15, 0.2) is 5.65 Å². The number of halogens is 1. The molecule has 1 aliphatic carbocycles. The van der Waals surface area contributed by atoms with Crippen LogP contribution < -0.4 is 10.7 Å². The Kier molecular flexibility index (Phi) is 6.46. The Morgan fingerprint density at radius 2 is 1.97 bits per heavy atom. The molecule has 2 aliphatic rings. The number of nitrogens with one attached hydrogen (secondary N) is 1. The third kappa shape index (κ3) is 4.75. The molecule has 0 unspecified atom stereocenters. The number of hydrogen-bond donors (Lipinski definition) is 1. The molecular formula is C26H30ClN7O3. The molecule has 1 atom stereocenters. The summed E-state index contributed by atoms with van der Waals surface area (Å²) in [5.74, 6) is 1.92. The molecule has 1 saturated carbocycles. The Bertz CT molecular complexity index is 1470. The van der Waals surface area contributed by atoms with Gasteiger partial charge in [-0.1, -0.05) is 48.7 Å². The highest BCUT2D eigenvalue weighted by molar-refractivity contribution is 6.30. The first-order chi connectivity index (χ1) is 18.0. The van der Waals surface area contributed by atoms with Crippen molar-refractivity contribution in [3.8, 4) is 22.9 Å². The van der Waals surface area contributed by atoms with Crippen LogP contribution >= 0.6 is 11.6 Å². The van der Waals surface area contributed by atoms with E-state index in [1.165, 1.54) is 25.7 Å². The van der Waals surface area contributed by atoms with E-state index in [-0.39, 0.29) is 17.7 Å². The van der Waals surface area contributed by atoms with Crippen LogP contribution in [0.4, 0.5) is 5.95 Å². The summed E-state index contributed by atoms with van der Waals surface area (Å²) in [7, 11) is 0. The predicted octanol–water partition coefficient (Wildman–Crippen LogP) is 4.54. The van der Waals surface area contributed by atoms with Gasteiger partial charge in [-0.3, -0.25) is 9.51 Å². The van der Waals surface area contributed by atoms with Crippen molar-refractivity contribution < 1.29 is 9.26 Å². The number of nitrogens with zero attached hydrogens (tertiary/aromatic N) is 6. The molecule has 1 aliphatic heterocycles. The molecule has 194 valence electrons. The maximum atomic E-state index is 11.7. The average Bonchev–Trinajstić information content (AvgIpc) is 3.49. The number of ether oxygens (including phenoxy) is 1. The molecule has 1 saturated heterocycles. The molecule has 4 heterocycles. The Morgan fingerprint density at radius 3 is 2.70 bits per heavy atom. The minimum Gasteiger partial charge on any atom is -0.377 e. The number of H-pyrrole nitrogens is 1. The summed E-state index contributed by atoms with van der Waals surface area (Å²) in [6.45, 7) is 7.36. The zero-order chi connectivity index (χ0) is 25.5. The number of hydrogen-bond acceptors (Lipinski definition) is 8. The highest BCUT2D eigenvalue weighted by atomic mass is 35.5. The van der Waals surface area contributed by atoms with E-state index in [1.54, 1.807) is 0 Å². The van der Waals surface area contributed by atoms with Crippen molar-refractivity contribution in [3.63, 3.8) is 0 Å². The number of imidazole rings is 1. The second kappa shape index (κ2) is 9.90. The van der Waals surface area contributed by atoms with Gasteiger partial charge in [0.1, 0.15) is 11.2 Å². The van der Waals surface area contributed by atoms with Crippen molar-refractivity contribution in [1.29, 1.82) is 0 Å². The van der Waals surface area contributed by atoms with Crippen molar-refractivity contribution in [1.82, 2.24) is 29.7 Å². The molecule has 4 aromatic rings. The SMILES string of the molecule is CC1CCC(Cn2c(N3CCOC[C@H]3C)nc3nc(-c4noc(=O)[nH]4)nc(-c4cccc(Cl)c4)c32)CC1. The maximum Gasteiger partial charge on any atom is 0.439 e. The molecule has 2 fully saturated rings. The van der Waals surface area contributed by atoms with Crippen LogP contribution in [-0.2, 0) is 11.3 Å². The van der Waals surface area contributed by atoms with E-state index in [0.717, 1.165) is 36.0 Å². The lowest BCUT2D eigenvalue weighted by Gasteiger charge is -2.35. The number of aromatic amines is 1. The molecule has 0 bridgehead atoms. The van der Waals surface area contributed by atoms with E-state index < -0.39 is 5.76 Å². The van der Waals surface area contributed by atoms with Gasteiger partial charge in [-0.05, 0) is 43.7 Å². The second-order valence-corrected chi connectivity index (χ2v) is 10.7. The molecule has 0 spiro atoms. The standard InChI is InChI=1S/C26H30ClN7O3/c1-15-6-8-17(9-7-15)13-34-21-20(18-4-3-5-19(27)12-18)28-23(24-31-26(35)37-32-24)29-22(21)30-25(34)33-10-11-36-14-16(33)2/h3-5,12,15-17H,6-11,13-14H2,1-2H3,(H,31,32,35)/t15?,16-,17?/m1/s1. The third-order valence-electron chi connectivity index (χ3n) is 7.53. The van der Waals surface area contributed by atoms with E-state index in [2.05, 4.69) is 33.5 Å². The molecule has 1 aromatic carbocycles. The van der Waals surface area contributed by atoms with Crippen LogP contribution in [0.3, 0.4) is 0 Å². The molecule has 3 aromatic heterocycles. The molecule has 1 N–H and O–H groups in total. The summed E-state index contributed by atoms with van der Waals surface area (Å²) in [4.78, 5) is 31.2. The lowest BCUT2D eigenvalue weighted by Crippen LogP contribution is -2.45. The summed E-state index contributed by atoms with van der Waals surface area (Å²) < 4.78 is 12.7. The quantitative estimate of drug-likeness (QED) is 0.405. The van der Waals surface area contributed by atoms with Crippen LogP contribution in [0.15, 0.2) is 33.6 Å². The minimum atomic E-state index is -0.664. The van der Waals surface area contributed by atoms with Crippen LogP contribution in [0.5, 0.6) is 0 Å². The first-order valence-electron chi connectivity index (χ1n) is 12.9. The zero-order valence-electron chi connectivity index (χ0n) is 21.0. The number of morpholine rings is 1. The Balaban J connectivity index is 1.58. The van der Waals surface area contributed by atoms with Crippen molar-refractivity contribution in [3.05, 3.63) is 39.8 Å². The van der Waals surface area contributed by atoms with E-state index in [1.807, 2.05) is 24.3 Å². The summed E-state index contributed by atoms with van der Waals surface area (Å²) >= 11 is 6.40. The van der Waals surface area contributed by atoms with Crippen LogP contribution in [0.2, 0.25) is 5.02 Å². The number of benzene rings is 1. The van der Waals surface area contributed by atoms with Gasteiger partial charge in [0.25, 0.3) is 0 Å². The lowest BCUT2D eigenvalue weighted by molar-refractivity contribution is 0.0976. The number of aromatic nitrogens is 6. The normalized spacial score (nSPS) is 22.6. The lowest BCUT2D eigenvalue weighted by atomic mass is 9.83. The van der Waals surface area contributed by atoms with Crippen LogP contribution in [0, 0.1) is 11.8 Å². The summed E-state index contributed by atoms with van der Waals surface area (Å²) in [6, 6.07) is 7.76. The first kappa shape index (κ1) is 24.1. The van der Waals surface area contributed by atoms with Crippen LogP contribution in [0.25, 0.3) is 34.1 Å². The van der Waals surface area contributed by atoms with Crippen LogP contribution in [-0.4, -0.2) is 55.5 Å². The summed E-state index contributed by atoms with van der Waals surface area (Å²) in [5, 5.41) is 4.43. The zero-order valence-corrected chi connectivity index (χ0v) is 21.7. The highest BCUT2D eigenvalue weighted by Gasteiger charge is 2.30. The van der Waals surface area contributed by atoms with Gasteiger partial charge < -0.3 is 14.2 Å². The molecular weight excluding hydrogens is 494 g/mol. The van der Waals surface area contributed by atoms with Gasteiger partial charge in [0.05, 0.1) is 19.3 Å². The Labute approximate surface area is 219 Å². The number of rotatable bonds is 5. The molecule has 0 radical (unpaired) electrons. The monoisotopic (exact) mass is 523 g/mol. The Hall–Kier alpha value is -3.24. The first-order valence-corrected chi connectivity index (χ1v) is 13.3. The molecule has 10 nitrogen and oxygen atoms in total.